The molecule has 0 saturated heterocycles. The minimum Gasteiger partial charge on any atom is -0.319 e. The molecular weight excluding hydrogens is 434 g/mol. The van der Waals surface area contributed by atoms with Crippen molar-refractivity contribution in [2.45, 2.75) is 6.54 Å². The Morgan fingerprint density at radius 3 is 2.55 bits per heavy atom. The lowest BCUT2D eigenvalue weighted by Gasteiger charge is -2.25. The van der Waals surface area contributed by atoms with Gasteiger partial charge >= 0.3 is 6.03 Å². The largest absolute Gasteiger partial charge is 0.322 e. The highest BCUT2D eigenvalue weighted by Crippen LogP contribution is 2.20. The summed E-state index contributed by atoms with van der Waals surface area (Å²) in [6.45, 7) is 1.91. The number of urea groups is 1. The molecule has 0 radical (unpaired) electrons. The van der Waals surface area contributed by atoms with Crippen LogP contribution in [0, 0.1) is 0 Å². The van der Waals surface area contributed by atoms with Crippen molar-refractivity contribution in [3.63, 3.8) is 0 Å². The lowest BCUT2D eigenvalue weighted by molar-refractivity contribution is 0.202. The summed E-state index contributed by atoms with van der Waals surface area (Å²) in [5.74, 6) is 0.639. The highest BCUT2D eigenvalue weighted by molar-refractivity contribution is 9.10. The average Bonchev–Trinajstić information content (AvgIpc) is 3.12. The molecule has 0 spiro atoms. The molecule has 3 aromatic rings. The van der Waals surface area contributed by atoms with Crippen LogP contribution in [0.4, 0.5) is 10.5 Å². The molecule has 0 aliphatic carbocycles. The van der Waals surface area contributed by atoms with E-state index in [0.717, 1.165) is 22.1 Å². The van der Waals surface area contributed by atoms with E-state index in [-0.39, 0.29) is 6.03 Å². The first-order valence-electron chi connectivity index (χ1n) is 9.20. The molecule has 0 fully saturated rings. The molecule has 1 heterocycles. The van der Waals surface area contributed by atoms with Gasteiger partial charge < -0.3 is 15.1 Å². The number of benzene rings is 2. The molecular formula is C20H24BrN7O. The van der Waals surface area contributed by atoms with Crippen LogP contribution in [0.25, 0.3) is 11.4 Å². The molecule has 29 heavy (non-hydrogen) atoms. The van der Waals surface area contributed by atoms with E-state index in [4.69, 9.17) is 0 Å². The Kier molecular flexibility index (Phi) is 6.95. The molecule has 0 aliphatic heterocycles. The van der Waals surface area contributed by atoms with E-state index in [1.54, 1.807) is 16.6 Å². The molecule has 9 heteroatoms. The first-order valence-corrected chi connectivity index (χ1v) is 9.99. The topological polar surface area (TPSA) is 79.2 Å². The second-order valence-electron chi connectivity index (χ2n) is 6.99. The molecule has 0 unspecified atom stereocenters. The number of nitrogens with one attached hydrogen (secondary N) is 1. The number of likely N-dealkylation sites (N-methyl/N-ethyl adjacent to an activating group) is 1. The van der Waals surface area contributed by atoms with E-state index in [1.165, 1.54) is 0 Å². The summed E-state index contributed by atoms with van der Waals surface area (Å²) in [7, 11) is 5.77. The van der Waals surface area contributed by atoms with Gasteiger partial charge in [-0.15, -0.1) is 5.10 Å². The van der Waals surface area contributed by atoms with Crippen molar-refractivity contribution >= 4 is 27.6 Å². The fourth-order valence-corrected chi connectivity index (χ4v) is 3.06. The van der Waals surface area contributed by atoms with Crippen LogP contribution < -0.4 is 5.32 Å². The van der Waals surface area contributed by atoms with Crippen LogP contribution in [0.3, 0.4) is 0 Å². The van der Waals surface area contributed by atoms with E-state index in [9.17, 15) is 4.79 Å². The molecule has 1 N–H and O–H groups in total. The zero-order valence-corrected chi connectivity index (χ0v) is 18.3. The summed E-state index contributed by atoms with van der Waals surface area (Å²) in [5.41, 5.74) is 2.60. The minimum atomic E-state index is -0.150. The summed E-state index contributed by atoms with van der Waals surface area (Å²) >= 11 is 3.45. The van der Waals surface area contributed by atoms with E-state index < -0.39 is 0 Å². The molecule has 2 amide bonds. The maximum absolute atomic E-state index is 13.0. The lowest BCUT2D eigenvalue weighted by atomic mass is 10.2. The molecule has 0 saturated carbocycles. The summed E-state index contributed by atoms with van der Waals surface area (Å²) in [6, 6.07) is 15.4. The summed E-state index contributed by atoms with van der Waals surface area (Å²) < 4.78 is 2.61. The van der Waals surface area contributed by atoms with Gasteiger partial charge in [-0.05, 0) is 54.4 Å². The van der Waals surface area contributed by atoms with Crippen molar-refractivity contribution in [3.05, 3.63) is 58.6 Å². The van der Waals surface area contributed by atoms with Gasteiger partial charge in [0, 0.05) is 42.4 Å². The second-order valence-corrected chi connectivity index (χ2v) is 7.90. The predicted molar refractivity (Wildman–Crippen MR) is 116 cm³/mol. The van der Waals surface area contributed by atoms with Crippen molar-refractivity contribution in [3.8, 4) is 11.4 Å². The van der Waals surface area contributed by atoms with Gasteiger partial charge in [-0.3, -0.25) is 0 Å². The number of nitrogens with zero attached hydrogens (tertiary/aromatic N) is 6. The Hall–Kier alpha value is -2.78. The number of aromatic nitrogens is 4. The number of halogens is 1. The van der Waals surface area contributed by atoms with Gasteiger partial charge in [-0.1, -0.05) is 40.2 Å². The van der Waals surface area contributed by atoms with E-state index in [1.807, 2.05) is 62.6 Å². The van der Waals surface area contributed by atoms with Crippen LogP contribution in [0.1, 0.15) is 5.56 Å². The first-order chi connectivity index (χ1) is 13.9. The fourth-order valence-electron chi connectivity index (χ4n) is 2.80. The smallest absolute Gasteiger partial charge is 0.319 e. The van der Waals surface area contributed by atoms with Crippen LogP contribution >= 0.6 is 15.9 Å². The summed E-state index contributed by atoms with van der Waals surface area (Å²) in [4.78, 5) is 16.9. The number of tetrazole rings is 1. The van der Waals surface area contributed by atoms with Crippen molar-refractivity contribution in [1.29, 1.82) is 0 Å². The highest BCUT2D eigenvalue weighted by atomic mass is 79.9. The van der Waals surface area contributed by atoms with Crippen LogP contribution in [0.2, 0.25) is 0 Å². The number of anilines is 1. The lowest BCUT2D eigenvalue weighted by Crippen LogP contribution is -2.39. The molecule has 0 aliphatic rings. The Labute approximate surface area is 178 Å². The normalized spacial score (nSPS) is 10.9. The van der Waals surface area contributed by atoms with Crippen LogP contribution in [-0.2, 0) is 13.6 Å². The number of amides is 2. The van der Waals surface area contributed by atoms with Crippen molar-refractivity contribution in [2.24, 2.45) is 7.05 Å². The number of aryl methyl sites for hydroxylation is 1. The van der Waals surface area contributed by atoms with Crippen LogP contribution in [-0.4, -0.2) is 63.2 Å². The Bertz CT molecular complexity index is 955. The Balaban J connectivity index is 1.75. The average molecular weight is 458 g/mol. The number of rotatable bonds is 7. The zero-order chi connectivity index (χ0) is 20.8. The number of hydrogen-bond donors (Lipinski definition) is 1. The van der Waals surface area contributed by atoms with Crippen LogP contribution in [0.15, 0.2) is 53.0 Å². The molecule has 3 rings (SSSR count). The van der Waals surface area contributed by atoms with Crippen molar-refractivity contribution in [2.75, 3.05) is 32.5 Å². The molecule has 2 aromatic carbocycles. The zero-order valence-electron chi connectivity index (χ0n) is 16.7. The first kappa shape index (κ1) is 20.9. The predicted octanol–water partition coefficient (Wildman–Crippen LogP) is 3.24. The van der Waals surface area contributed by atoms with Gasteiger partial charge in [-0.2, -0.15) is 0 Å². The maximum Gasteiger partial charge on any atom is 0.322 e. The number of carbonyl (C=O) groups excluding carboxylic acids is 1. The third-order valence-corrected chi connectivity index (χ3v) is 4.91. The Morgan fingerprint density at radius 2 is 1.90 bits per heavy atom. The standard InChI is InChI=1S/C20H24BrN7O/c1-26(2)11-12-28(14-15-7-9-17(21)10-8-15)20(29)22-18-6-4-5-16(13-18)19-23-24-25-27(19)3/h4-10,13H,11-12,14H2,1-3H3,(H,22,29). The second kappa shape index (κ2) is 9.62. The highest BCUT2D eigenvalue weighted by Gasteiger charge is 2.15. The van der Waals surface area contributed by atoms with E-state index >= 15 is 0 Å². The van der Waals surface area contributed by atoms with Crippen molar-refractivity contribution < 1.29 is 4.79 Å². The third kappa shape index (κ3) is 5.85. The SMILES string of the molecule is CN(C)CCN(Cc1ccc(Br)cc1)C(=O)Nc1cccc(-c2nnnn2C)c1. The third-order valence-electron chi connectivity index (χ3n) is 4.38. The van der Waals surface area contributed by atoms with Gasteiger partial charge in [-0.25, -0.2) is 9.48 Å². The maximum atomic E-state index is 13.0. The molecule has 0 atom stereocenters. The van der Waals surface area contributed by atoms with E-state index in [0.29, 0.717) is 24.6 Å². The molecule has 152 valence electrons. The minimum absolute atomic E-state index is 0.150. The van der Waals surface area contributed by atoms with Gasteiger partial charge in [0.15, 0.2) is 5.82 Å². The monoisotopic (exact) mass is 457 g/mol. The Morgan fingerprint density at radius 1 is 1.14 bits per heavy atom. The van der Waals surface area contributed by atoms with Gasteiger partial charge in [0.1, 0.15) is 0 Å². The number of hydrogen-bond acceptors (Lipinski definition) is 5. The number of carbonyl (C=O) groups is 1. The molecule has 1 aromatic heterocycles. The summed E-state index contributed by atoms with van der Waals surface area (Å²) in [6.07, 6.45) is 0. The summed E-state index contributed by atoms with van der Waals surface area (Å²) in [5, 5.41) is 14.6. The quantitative estimate of drug-likeness (QED) is 0.588. The van der Waals surface area contributed by atoms with Crippen LogP contribution in [0.5, 0.6) is 0 Å². The molecule has 8 nitrogen and oxygen atoms in total. The van der Waals surface area contributed by atoms with Gasteiger partial charge in [0.2, 0.25) is 0 Å². The van der Waals surface area contributed by atoms with Gasteiger partial charge in [0.25, 0.3) is 0 Å². The van der Waals surface area contributed by atoms with E-state index in [2.05, 4.69) is 41.7 Å². The fraction of sp³-hybridized carbons (Fsp3) is 0.300. The van der Waals surface area contributed by atoms with Gasteiger partial charge in [0.05, 0.1) is 0 Å². The van der Waals surface area contributed by atoms with Crippen molar-refractivity contribution in [1.82, 2.24) is 30.0 Å². The molecule has 0 bridgehead atoms.